The minimum absolute atomic E-state index is 0.0512. The van der Waals surface area contributed by atoms with Crippen LogP contribution in [0.15, 0.2) is 22.5 Å². The Morgan fingerprint density at radius 3 is 1.56 bits per heavy atom. The molecule has 1 rings (SSSR count). The maximum Gasteiger partial charge on any atom is 0.162 e. The Bertz CT molecular complexity index is 356. The highest BCUT2D eigenvalue weighted by Crippen LogP contribution is 2.41. The van der Waals surface area contributed by atoms with E-state index in [9.17, 15) is 9.81 Å². The Morgan fingerprint density at radius 1 is 0.938 bits per heavy atom. The van der Waals surface area contributed by atoms with E-state index in [2.05, 4.69) is 21.0 Å². The molecule has 86 valence electrons. The predicted molar refractivity (Wildman–Crippen MR) is 65.7 cm³/mol. The highest BCUT2D eigenvalue weighted by Gasteiger charge is 2.14. The van der Waals surface area contributed by atoms with Crippen molar-refractivity contribution in [1.29, 1.82) is 0 Å². The standard InChI is InChI=1S/C10H14N4O2/c1-3-11-7-5-6-8(12-4-2)10(14-16)9(7)13-15/h5-6,11-12H,3-4H2,1-2H3. The van der Waals surface area contributed by atoms with Crippen LogP contribution in [0.25, 0.3) is 0 Å². The summed E-state index contributed by atoms with van der Waals surface area (Å²) < 4.78 is 0. The van der Waals surface area contributed by atoms with E-state index in [4.69, 9.17) is 0 Å². The van der Waals surface area contributed by atoms with Crippen molar-refractivity contribution in [3.8, 4) is 0 Å². The Kier molecular flexibility index (Phi) is 4.38. The number of hydrogen-bond acceptors (Lipinski definition) is 6. The molecule has 0 aliphatic rings. The first-order valence-electron chi connectivity index (χ1n) is 5.09. The van der Waals surface area contributed by atoms with Gasteiger partial charge in [0.25, 0.3) is 0 Å². The van der Waals surface area contributed by atoms with Crippen LogP contribution in [0, 0.1) is 9.81 Å². The molecule has 0 unspecified atom stereocenters. The first kappa shape index (κ1) is 12.1. The molecular weight excluding hydrogens is 208 g/mol. The highest BCUT2D eigenvalue weighted by atomic mass is 16.3. The minimum Gasteiger partial charge on any atom is -0.383 e. The van der Waals surface area contributed by atoms with E-state index in [0.29, 0.717) is 24.5 Å². The molecule has 1 aromatic rings. The van der Waals surface area contributed by atoms with Crippen molar-refractivity contribution >= 4 is 22.7 Å². The van der Waals surface area contributed by atoms with Gasteiger partial charge in [-0.15, -0.1) is 9.81 Å². The van der Waals surface area contributed by atoms with Crippen molar-refractivity contribution in [2.45, 2.75) is 13.8 Å². The van der Waals surface area contributed by atoms with Gasteiger partial charge < -0.3 is 10.6 Å². The summed E-state index contributed by atoms with van der Waals surface area (Å²) in [6, 6.07) is 3.40. The predicted octanol–water partition coefficient (Wildman–Crippen LogP) is 3.35. The van der Waals surface area contributed by atoms with Crippen molar-refractivity contribution in [3.05, 3.63) is 21.9 Å². The Labute approximate surface area is 93.4 Å². The van der Waals surface area contributed by atoms with E-state index < -0.39 is 0 Å². The van der Waals surface area contributed by atoms with Crippen LogP contribution < -0.4 is 10.6 Å². The smallest absolute Gasteiger partial charge is 0.162 e. The van der Waals surface area contributed by atoms with Gasteiger partial charge in [0.2, 0.25) is 0 Å². The van der Waals surface area contributed by atoms with Crippen LogP contribution in [0.2, 0.25) is 0 Å². The third kappa shape index (κ3) is 2.33. The van der Waals surface area contributed by atoms with E-state index in [1.165, 1.54) is 0 Å². The average Bonchev–Trinajstić information content (AvgIpc) is 2.31. The van der Waals surface area contributed by atoms with Crippen molar-refractivity contribution < 1.29 is 0 Å². The molecule has 6 nitrogen and oxygen atoms in total. The van der Waals surface area contributed by atoms with Gasteiger partial charge >= 0.3 is 0 Å². The third-order valence-corrected chi connectivity index (χ3v) is 2.07. The lowest BCUT2D eigenvalue weighted by Crippen LogP contribution is -2.00. The molecule has 0 fully saturated rings. The molecule has 16 heavy (non-hydrogen) atoms. The molecule has 6 heteroatoms. The zero-order chi connectivity index (χ0) is 12.0. The van der Waals surface area contributed by atoms with Crippen LogP contribution >= 0.6 is 0 Å². The summed E-state index contributed by atoms with van der Waals surface area (Å²) in [6.07, 6.45) is 0. The third-order valence-electron chi connectivity index (χ3n) is 2.07. The fourth-order valence-corrected chi connectivity index (χ4v) is 1.43. The molecule has 0 saturated carbocycles. The van der Waals surface area contributed by atoms with Gasteiger partial charge in [0, 0.05) is 13.1 Å². The van der Waals surface area contributed by atoms with E-state index in [0.717, 1.165) is 0 Å². The van der Waals surface area contributed by atoms with Gasteiger partial charge in [0.15, 0.2) is 11.4 Å². The van der Waals surface area contributed by atoms with Crippen molar-refractivity contribution in [1.82, 2.24) is 0 Å². The highest BCUT2D eigenvalue weighted by molar-refractivity contribution is 5.87. The lowest BCUT2D eigenvalue weighted by atomic mass is 10.2. The zero-order valence-corrected chi connectivity index (χ0v) is 9.28. The molecule has 2 N–H and O–H groups in total. The van der Waals surface area contributed by atoms with Crippen LogP contribution in [-0.2, 0) is 0 Å². The van der Waals surface area contributed by atoms with Crippen molar-refractivity contribution in [2.24, 2.45) is 10.4 Å². The largest absolute Gasteiger partial charge is 0.383 e. The van der Waals surface area contributed by atoms with Crippen molar-refractivity contribution in [3.63, 3.8) is 0 Å². The van der Waals surface area contributed by atoms with E-state index in [-0.39, 0.29) is 11.4 Å². The first-order valence-corrected chi connectivity index (χ1v) is 5.09. The molecule has 0 atom stereocenters. The molecule has 0 heterocycles. The number of benzene rings is 1. The summed E-state index contributed by atoms with van der Waals surface area (Å²) in [5.41, 5.74) is 1.15. The van der Waals surface area contributed by atoms with Crippen LogP contribution in [0.1, 0.15) is 13.8 Å². The van der Waals surface area contributed by atoms with E-state index >= 15 is 0 Å². The summed E-state index contributed by atoms with van der Waals surface area (Å²) in [7, 11) is 0. The maximum atomic E-state index is 10.7. The quantitative estimate of drug-likeness (QED) is 0.723. The molecule has 0 bridgehead atoms. The molecule has 0 aliphatic heterocycles. The number of hydrogen-bond donors (Lipinski definition) is 2. The van der Waals surface area contributed by atoms with Gasteiger partial charge in [-0.1, -0.05) is 0 Å². The van der Waals surface area contributed by atoms with Gasteiger partial charge in [-0.25, -0.2) is 0 Å². The van der Waals surface area contributed by atoms with Gasteiger partial charge in [-0.3, -0.25) is 0 Å². The van der Waals surface area contributed by atoms with Gasteiger partial charge in [0.1, 0.15) is 0 Å². The van der Waals surface area contributed by atoms with Crippen molar-refractivity contribution in [2.75, 3.05) is 23.7 Å². The molecular formula is C10H14N4O2. The lowest BCUT2D eigenvalue weighted by Gasteiger charge is -2.10. The summed E-state index contributed by atoms with van der Waals surface area (Å²) in [5.74, 6) is 0. The van der Waals surface area contributed by atoms with Gasteiger partial charge in [-0.2, -0.15) is 0 Å². The molecule has 1 aromatic carbocycles. The molecule has 0 radical (unpaired) electrons. The topological polar surface area (TPSA) is 82.9 Å². The summed E-state index contributed by atoms with van der Waals surface area (Å²) >= 11 is 0. The van der Waals surface area contributed by atoms with Crippen LogP contribution in [-0.4, -0.2) is 13.1 Å². The molecule has 0 aliphatic carbocycles. The second kappa shape index (κ2) is 5.79. The number of rotatable bonds is 6. The molecule has 0 aromatic heterocycles. The fraction of sp³-hybridized carbons (Fsp3) is 0.400. The Morgan fingerprint density at radius 2 is 1.31 bits per heavy atom. The molecule has 0 amide bonds. The number of nitroso groups, excluding NO2 is 2. The zero-order valence-electron chi connectivity index (χ0n) is 9.28. The van der Waals surface area contributed by atoms with Gasteiger partial charge in [-0.05, 0) is 36.3 Å². The SMILES string of the molecule is CCNc1ccc(NCC)c(N=O)c1N=O. The monoisotopic (exact) mass is 222 g/mol. The van der Waals surface area contributed by atoms with E-state index in [1.54, 1.807) is 12.1 Å². The second-order valence-electron chi connectivity index (χ2n) is 3.10. The fourth-order valence-electron chi connectivity index (χ4n) is 1.43. The van der Waals surface area contributed by atoms with E-state index in [1.807, 2.05) is 13.8 Å². The normalized spacial score (nSPS) is 9.62. The maximum absolute atomic E-state index is 10.7. The lowest BCUT2D eigenvalue weighted by molar-refractivity contribution is 1.19. The molecule has 0 spiro atoms. The minimum atomic E-state index is 0.0512. The van der Waals surface area contributed by atoms with Crippen LogP contribution in [0.4, 0.5) is 22.7 Å². The Balaban J connectivity index is 3.27. The van der Waals surface area contributed by atoms with Crippen LogP contribution in [0.5, 0.6) is 0 Å². The summed E-state index contributed by atoms with van der Waals surface area (Å²) in [4.78, 5) is 21.4. The number of nitrogens with one attached hydrogen (secondary N) is 2. The second-order valence-corrected chi connectivity index (χ2v) is 3.10. The first-order chi connectivity index (χ1) is 7.78. The summed E-state index contributed by atoms with van der Waals surface area (Å²) in [6.45, 7) is 5.06. The molecule has 0 saturated heterocycles. The number of anilines is 2. The van der Waals surface area contributed by atoms with Gasteiger partial charge in [0.05, 0.1) is 11.4 Å². The summed E-state index contributed by atoms with van der Waals surface area (Å²) in [5, 5.41) is 11.6. The Hall–Kier alpha value is -1.98. The van der Waals surface area contributed by atoms with Crippen LogP contribution in [0.3, 0.4) is 0 Å². The number of nitrogens with zero attached hydrogens (tertiary/aromatic N) is 2. The average molecular weight is 222 g/mol.